The first kappa shape index (κ1) is 21.2. The lowest BCUT2D eigenvalue weighted by Gasteiger charge is -2.36. The molecule has 0 fully saturated rings. The fraction of sp³-hybridized carbons (Fsp3) is 0.250. The van der Waals surface area contributed by atoms with E-state index in [1.54, 1.807) is 18.2 Å². The highest BCUT2D eigenvalue weighted by Gasteiger charge is 2.58. The maximum Gasteiger partial charge on any atom is 0.337 e. The first-order chi connectivity index (χ1) is 15.0. The second-order valence-electron chi connectivity index (χ2n) is 7.36. The number of hydrogen-bond donors (Lipinski definition) is 1. The molecule has 2 aliphatic heterocycles. The van der Waals surface area contributed by atoms with Crippen molar-refractivity contribution < 1.29 is 23.8 Å². The minimum absolute atomic E-state index is 0.164. The number of esters is 2. The summed E-state index contributed by atoms with van der Waals surface area (Å²) in [5.74, 6) is -1.23. The minimum Gasteiger partial charge on any atom is -0.466 e. The fourth-order valence-corrected chi connectivity index (χ4v) is 4.27. The first-order valence-corrected chi connectivity index (χ1v) is 10.2. The van der Waals surface area contributed by atoms with Crippen molar-refractivity contribution in [3.63, 3.8) is 0 Å². The van der Waals surface area contributed by atoms with Crippen molar-refractivity contribution >= 4 is 29.2 Å². The van der Waals surface area contributed by atoms with Crippen LogP contribution in [-0.4, -0.2) is 43.9 Å². The third-order valence-corrected chi connectivity index (χ3v) is 5.82. The summed E-state index contributed by atoms with van der Waals surface area (Å²) >= 11 is 6.04. The summed E-state index contributed by atoms with van der Waals surface area (Å²) in [7, 11) is 2.56. The average molecular weight is 440 g/mol. The zero-order valence-corrected chi connectivity index (χ0v) is 17.9. The molecule has 31 heavy (non-hydrogen) atoms. The molecule has 0 aliphatic carbocycles. The molecule has 6 nitrogen and oxygen atoms in total. The van der Waals surface area contributed by atoms with Gasteiger partial charge in [0.1, 0.15) is 11.7 Å². The van der Waals surface area contributed by atoms with Crippen molar-refractivity contribution in [3.05, 3.63) is 88.5 Å². The first-order valence-electron chi connectivity index (χ1n) is 9.83. The lowest BCUT2D eigenvalue weighted by Crippen LogP contribution is -2.49. The highest BCUT2D eigenvalue weighted by molar-refractivity contribution is 6.30. The van der Waals surface area contributed by atoms with E-state index >= 15 is 0 Å². The summed E-state index contributed by atoms with van der Waals surface area (Å²) in [6, 6.07) is 16.7. The van der Waals surface area contributed by atoms with Crippen LogP contribution in [0, 0.1) is 0 Å². The van der Waals surface area contributed by atoms with Crippen LogP contribution >= 0.6 is 11.6 Å². The van der Waals surface area contributed by atoms with Crippen LogP contribution in [-0.2, 0) is 30.2 Å². The van der Waals surface area contributed by atoms with Crippen LogP contribution in [0.3, 0.4) is 0 Å². The normalized spacial score (nSPS) is 22.4. The van der Waals surface area contributed by atoms with E-state index in [2.05, 4.69) is 5.32 Å². The maximum absolute atomic E-state index is 12.8. The Labute approximate surface area is 185 Å². The average Bonchev–Trinajstić information content (AvgIpc) is 3.38. The Balaban J connectivity index is 1.81. The van der Waals surface area contributed by atoms with E-state index in [1.165, 1.54) is 14.2 Å². The standard InChI is InChI=1S/C24H22ClNO5/c1-29-22(27)20-18-12-13-24(31-18,21(20)23(28)30-2)19(14-15-6-4-3-5-7-15)26-17-10-8-16(25)9-11-17/h3-13,18-19,26H,14H2,1-2H3/t18?,19-,24?/m1/s1. The molecule has 2 heterocycles. The van der Waals surface area contributed by atoms with Gasteiger partial charge in [-0.2, -0.15) is 0 Å². The Morgan fingerprint density at radius 2 is 1.74 bits per heavy atom. The monoisotopic (exact) mass is 439 g/mol. The van der Waals surface area contributed by atoms with Gasteiger partial charge in [-0.3, -0.25) is 0 Å². The molecule has 3 atom stereocenters. The molecule has 0 spiro atoms. The summed E-state index contributed by atoms with van der Waals surface area (Å²) < 4.78 is 16.3. The second-order valence-corrected chi connectivity index (χ2v) is 7.79. The van der Waals surface area contributed by atoms with Crippen molar-refractivity contribution in [3.8, 4) is 0 Å². The molecule has 1 N–H and O–H groups in total. The molecule has 4 rings (SSSR count). The highest BCUT2D eigenvalue weighted by Crippen LogP contribution is 2.47. The molecule has 2 aromatic rings. The van der Waals surface area contributed by atoms with Gasteiger partial charge in [-0.15, -0.1) is 0 Å². The minimum atomic E-state index is -1.20. The number of rotatable bonds is 7. The summed E-state index contributed by atoms with van der Waals surface area (Å²) in [6.07, 6.45) is 3.45. The van der Waals surface area contributed by atoms with Crippen molar-refractivity contribution in [1.29, 1.82) is 0 Å². The lowest BCUT2D eigenvalue weighted by atomic mass is 9.79. The van der Waals surface area contributed by atoms with Gasteiger partial charge < -0.3 is 19.5 Å². The largest absolute Gasteiger partial charge is 0.466 e. The second kappa shape index (κ2) is 8.57. The predicted octanol–water partition coefficient (Wildman–Crippen LogP) is 3.71. The topological polar surface area (TPSA) is 73.9 Å². The quantitative estimate of drug-likeness (QED) is 0.523. The van der Waals surface area contributed by atoms with Gasteiger partial charge >= 0.3 is 11.9 Å². The molecule has 2 aromatic carbocycles. The number of benzene rings is 2. The molecule has 2 unspecified atom stereocenters. The Hall–Kier alpha value is -3.09. The molecule has 2 bridgehead atoms. The number of ether oxygens (including phenoxy) is 3. The van der Waals surface area contributed by atoms with E-state index < -0.39 is 29.7 Å². The van der Waals surface area contributed by atoms with Gasteiger partial charge in [0.2, 0.25) is 0 Å². The number of carbonyl (C=O) groups excluding carboxylic acids is 2. The third kappa shape index (κ3) is 3.84. The summed E-state index contributed by atoms with van der Waals surface area (Å²) in [4.78, 5) is 25.4. The van der Waals surface area contributed by atoms with Crippen molar-refractivity contribution in [2.45, 2.75) is 24.2 Å². The molecule has 2 aliphatic rings. The summed E-state index contributed by atoms with van der Waals surface area (Å²) in [6.45, 7) is 0. The molecule has 160 valence electrons. The molecule has 0 saturated carbocycles. The molecule has 0 saturated heterocycles. The zero-order valence-electron chi connectivity index (χ0n) is 17.1. The van der Waals surface area contributed by atoms with Crippen LogP contribution in [0.15, 0.2) is 77.9 Å². The van der Waals surface area contributed by atoms with Crippen molar-refractivity contribution in [2.75, 3.05) is 19.5 Å². The zero-order chi connectivity index (χ0) is 22.0. The SMILES string of the molecule is COC(=O)C1=C(C(=O)OC)C2([C@@H](Cc3ccccc3)Nc3ccc(Cl)cc3)C=CC1O2. The predicted molar refractivity (Wildman–Crippen MR) is 117 cm³/mol. The molecular formula is C24H22ClNO5. The summed E-state index contributed by atoms with van der Waals surface area (Å²) in [5, 5.41) is 4.09. The number of hydrogen-bond acceptors (Lipinski definition) is 6. The van der Waals surface area contributed by atoms with Crippen LogP contribution in [0.1, 0.15) is 5.56 Å². The van der Waals surface area contributed by atoms with Gasteiger partial charge in [0.05, 0.1) is 31.4 Å². The Morgan fingerprint density at radius 3 is 2.39 bits per heavy atom. The molecular weight excluding hydrogens is 418 g/mol. The van der Waals surface area contributed by atoms with Crippen LogP contribution in [0.4, 0.5) is 5.69 Å². The molecule has 0 amide bonds. The van der Waals surface area contributed by atoms with Gasteiger partial charge in [-0.05, 0) is 42.3 Å². The van der Waals surface area contributed by atoms with Gasteiger partial charge in [-0.1, -0.05) is 48.0 Å². The van der Waals surface area contributed by atoms with E-state index in [0.717, 1.165) is 11.3 Å². The van der Waals surface area contributed by atoms with E-state index in [0.29, 0.717) is 11.4 Å². The molecule has 0 aromatic heterocycles. The Kier molecular flexibility index (Phi) is 5.85. The maximum atomic E-state index is 12.8. The van der Waals surface area contributed by atoms with Crippen molar-refractivity contribution in [1.82, 2.24) is 0 Å². The Morgan fingerprint density at radius 1 is 1.06 bits per heavy atom. The smallest absolute Gasteiger partial charge is 0.337 e. The van der Waals surface area contributed by atoms with Crippen LogP contribution in [0.25, 0.3) is 0 Å². The van der Waals surface area contributed by atoms with E-state index in [4.69, 9.17) is 25.8 Å². The number of anilines is 1. The van der Waals surface area contributed by atoms with Gasteiger partial charge in [0.15, 0.2) is 0 Å². The van der Waals surface area contributed by atoms with E-state index in [9.17, 15) is 9.59 Å². The third-order valence-electron chi connectivity index (χ3n) is 5.57. The number of nitrogens with one attached hydrogen (secondary N) is 1. The van der Waals surface area contributed by atoms with E-state index in [1.807, 2.05) is 48.5 Å². The fourth-order valence-electron chi connectivity index (χ4n) is 4.15. The summed E-state index contributed by atoms with van der Waals surface area (Å²) in [5.41, 5.74) is 0.983. The number of fused-ring (bicyclic) bond motifs is 2. The number of methoxy groups -OCH3 is 2. The number of carbonyl (C=O) groups is 2. The van der Waals surface area contributed by atoms with Gasteiger partial charge in [0, 0.05) is 10.7 Å². The Bertz CT molecular complexity index is 1050. The van der Waals surface area contributed by atoms with Gasteiger partial charge in [0.25, 0.3) is 0 Å². The van der Waals surface area contributed by atoms with Crippen LogP contribution in [0.2, 0.25) is 5.02 Å². The highest BCUT2D eigenvalue weighted by atomic mass is 35.5. The van der Waals surface area contributed by atoms with Crippen molar-refractivity contribution in [2.24, 2.45) is 0 Å². The number of halogens is 1. The lowest BCUT2D eigenvalue weighted by molar-refractivity contribution is -0.139. The van der Waals surface area contributed by atoms with Crippen LogP contribution < -0.4 is 5.32 Å². The molecule has 7 heteroatoms. The van der Waals surface area contributed by atoms with Gasteiger partial charge in [-0.25, -0.2) is 9.59 Å². The van der Waals surface area contributed by atoms with E-state index in [-0.39, 0.29) is 11.1 Å². The van der Waals surface area contributed by atoms with Crippen LogP contribution in [0.5, 0.6) is 0 Å². The molecule has 0 radical (unpaired) electrons.